The van der Waals surface area contributed by atoms with Crippen LogP contribution in [-0.2, 0) is 11.2 Å². The molecule has 0 atom stereocenters. The van der Waals surface area contributed by atoms with Gasteiger partial charge in [0.05, 0.1) is 22.8 Å². The molecule has 2 heterocycles. The topological polar surface area (TPSA) is 53.5 Å². The molecule has 160 valence electrons. The number of amides is 1. The number of nitrogens with zero attached hydrogens (tertiary/aromatic N) is 3. The number of benzene rings is 2. The Balaban J connectivity index is 1.36. The zero-order valence-corrected chi connectivity index (χ0v) is 18.5. The Morgan fingerprint density at radius 3 is 2.55 bits per heavy atom. The summed E-state index contributed by atoms with van der Waals surface area (Å²) in [5, 5.41) is 3.32. The highest BCUT2D eigenvalue weighted by atomic mass is 35.5. The van der Waals surface area contributed by atoms with Crippen LogP contribution < -0.4 is 4.90 Å². The molecule has 1 aliphatic heterocycles. The number of carbonyl (C=O) groups excluding carboxylic acids is 2. The van der Waals surface area contributed by atoms with Gasteiger partial charge in [-0.3, -0.25) is 9.59 Å². The molecule has 1 saturated heterocycles. The van der Waals surface area contributed by atoms with Crippen LogP contribution in [0.15, 0.2) is 47.8 Å². The van der Waals surface area contributed by atoms with Gasteiger partial charge in [0.2, 0.25) is 5.91 Å². The van der Waals surface area contributed by atoms with Gasteiger partial charge < -0.3 is 9.80 Å². The lowest BCUT2D eigenvalue weighted by Gasteiger charge is -2.36. The smallest absolute Gasteiger partial charge is 0.228 e. The average molecular weight is 458 g/mol. The summed E-state index contributed by atoms with van der Waals surface area (Å²) in [5.41, 5.74) is 2.40. The molecule has 0 spiro atoms. The molecule has 5 nitrogen and oxygen atoms in total. The number of halogens is 2. The number of aromatic nitrogens is 1. The van der Waals surface area contributed by atoms with Crippen molar-refractivity contribution >= 4 is 40.3 Å². The Kier molecular flexibility index (Phi) is 6.34. The van der Waals surface area contributed by atoms with Crippen LogP contribution in [-0.4, -0.2) is 47.8 Å². The number of carbonyl (C=O) groups is 2. The van der Waals surface area contributed by atoms with Crippen LogP contribution in [0.3, 0.4) is 0 Å². The Hall–Kier alpha value is -2.77. The van der Waals surface area contributed by atoms with Crippen molar-refractivity contribution in [2.75, 3.05) is 31.1 Å². The zero-order valence-electron chi connectivity index (χ0n) is 17.0. The molecule has 0 unspecified atom stereocenters. The number of hydrogen-bond donors (Lipinski definition) is 0. The van der Waals surface area contributed by atoms with Gasteiger partial charge in [0.15, 0.2) is 5.78 Å². The quantitative estimate of drug-likeness (QED) is 0.521. The molecule has 31 heavy (non-hydrogen) atoms. The SMILES string of the molecule is CC(=O)c1ccc(N2CCN(C(=O)Cc3csc(-c4ccccc4Cl)n3)CC2)c(F)c1. The number of Topliss-reactive ketones (excluding diaryl/α,β-unsaturated/α-hetero) is 1. The van der Waals surface area contributed by atoms with E-state index in [9.17, 15) is 14.0 Å². The van der Waals surface area contributed by atoms with Crippen molar-refractivity contribution in [2.45, 2.75) is 13.3 Å². The Bertz CT molecular complexity index is 1130. The first-order valence-electron chi connectivity index (χ1n) is 9.95. The highest BCUT2D eigenvalue weighted by Crippen LogP contribution is 2.30. The van der Waals surface area contributed by atoms with E-state index in [4.69, 9.17) is 11.6 Å². The maximum atomic E-state index is 14.4. The molecule has 1 aliphatic rings. The molecule has 4 rings (SSSR count). The first-order chi connectivity index (χ1) is 14.9. The standard InChI is InChI=1S/C23H21ClFN3O2S/c1-15(29)16-6-7-21(20(25)12-16)27-8-10-28(11-9-27)22(30)13-17-14-31-23(26-17)18-4-2-3-5-19(18)24/h2-7,12,14H,8-11,13H2,1H3. The number of piperazine rings is 1. The first-order valence-corrected chi connectivity index (χ1v) is 11.2. The van der Waals surface area contributed by atoms with Crippen LogP contribution in [0.25, 0.3) is 10.6 Å². The molecule has 1 aromatic heterocycles. The Morgan fingerprint density at radius 1 is 1.13 bits per heavy atom. The van der Waals surface area contributed by atoms with Gasteiger partial charge in [-0.25, -0.2) is 9.37 Å². The van der Waals surface area contributed by atoms with E-state index in [2.05, 4.69) is 4.98 Å². The number of hydrogen-bond acceptors (Lipinski definition) is 5. The monoisotopic (exact) mass is 457 g/mol. The fourth-order valence-electron chi connectivity index (χ4n) is 3.59. The fraction of sp³-hybridized carbons (Fsp3) is 0.261. The Labute approximate surface area is 189 Å². The molecule has 0 radical (unpaired) electrons. The van der Waals surface area contributed by atoms with Gasteiger partial charge in [-0.15, -0.1) is 11.3 Å². The van der Waals surface area contributed by atoms with Gasteiger partial charge in [0.1, 0.15) is 10.8 Å². The summed E-state index contributed by atoms with van der Waals surface area (Å²) < 4.78 is 14.4. The van der Waals surface area contributed by atoms with Gasteiger partial charge in [0.25, 0.3) is 0 Å². The first kappa shape index (κ1) is 21.5. The molecule has 0 saturated carbocycles. The summed E-state index contributed by atoms with van der Waals surface area (Å²) in [4.78, 5) is 32.4. The summed E-state index contributed by atoms with van der Waals surface area (Å²) in [5.74, 6) is -0.578. The molecule has 2 aromatic carbocycles. The minimum Gasteiger partial charge on any atom is -0.366 e. The minimum absolute atomic E-state index is 0.00283. The molecule has 8 heteroatoms. The lowest BCUT2D eigenvalue weighted by Crippen LogP contribution is -2.49. The van der Waals surface area contributed by atoms with Crippen molar-refractivity contribution in [2.24, 2.45) is 0 Å². The van der Waals surface area contributed by atoms with Crippen molar-refractivity contribution in [1.29, 1.82) is 0 Å². The van der Waals surface area contributed by atoms with E-state index in [1.807, 2.05) is 34.5 Å². The molecule has 1 fully saturated rings. The van der Waals surface area contributed by atoms with E-state index in [-0.39, 0.29) is 18.1 Å². The van der Waals surface area contributed by atoms with Crippen LogP contribution in [0.2, 0.25) is 5.02 Å². The molecule has 0 aliphatic carbocycles. The summed E-state index contributed by atoms with van der Waals surface area (Å²) in [6, 6.07) is 12.0. The van der Waals surface area contributed by atoms with Gasteiger partial charge in [-0.2, -0.15) is 0 Å². The van der Waals surface area contributed by atoms with Crippen LogP contribution in [0, 0.1) is 5.82 Å². The highest BCUT2D eigenvalue weighted by Gasteiger charge is 2.24. The number of anilines is 1. The summed E-state index contributed by atoms with van der Waals surface area (Å²) in [6.07, 6.45) is 0.225. The predicted molar refractivity (Wildman–Crippen MR) is 121 cm³/mol. The van der Waals surface area contributed by atoms with Crippen LogP contribution in [0.5, 0.6) is 0 Å². The number of rotatable bonds is 5. The van der Waals surface area contributed by atoms with Gasteiger partial charge in [0, 0.05) is 42.7 Å². The normalized spacial score (nSPS) is 14.0. The van der Waals surface area contributed by atoms with Crippen LogP contribution >= 0.6 is 22.9 Å². The molecule has 0 N–H and O–H groups in total. The molecule has 1 amide bonds. The molecule has 3 aromatic rings. The van der Waals surface area contributed by atoms with Gasteiger partial charge in [-0.05, 0) is 31.2 Å². The van der Waals surface area contributed by atoms with E-state index in [0.29, 0.717) is 42.5 Å². The van der Waals surface area contributed by atoms with E-state index < -0.39 is 5.82 Å². The number of thiazole rings is 1. The Morgan fingerprint density at radius 2 is 1.87 bits per heavy atom. The largest absolute Gasteiger partial charge is 0.366 e. The van der Waals surface area contributed by atoms with Gasteiger partial charge in [-0.1, -0.05) is 29.8 Å². The third-order valence-corrected chi connectivity index (χ3v) is 6.57. The number of ketones is 1. The third-order valence-electron chi connectivity index (χ3n) is 5.32. The molecular weight excluding hydrogens is 437 g/mol. The highest BCUT2D eigenvalue weighted by molar-refractivity contribution is 7.13. The van der Waals surface area contributed by atoms with Crippen molar-refractivity contribution in [3.63, 3.8) is 0 Å². The summed E-state index contributed by atoms with van der Waals surface area (Å²) in [6.45, 7) is 3.50. The van der Waals surface area contributed by atoms with Crippen molar-refractivity contribution in [3.05, 3.63) is 69.9 Å². The predicted octanol–water partition coefficient (Wildman–Crippen LogP) is 4.70. The zero-order chi connectivity index (χ0) is 22.0. The van der Waals surface area contributed by atoms with Crippen molar-refractivity contribution in [1.82, 2.24) is 9.88 Å². The third kappa shape index (κ3) is 4.78. The lowest BCUT2D eigenvalue weighted by molar-refractivity contribution is -0.130. The second kappa shape index (κ2) is 9.16. The second-order valence-electron chi connectivity index (χ2n) is 7.39. The lowest BCUT2D eigenvalue weighted by atomic mass is 10.1. The summed E-state index contributed by atoms with van der Waals surface area (Å²) in [7, 11) is 0. The maximum absolute atomic E-state index is 14.4. The summed E-state index contributed by atoms with van der Waals surface area (Å²) >= 11 is 7.71. The molecular formula is C23H21ClFN3O2S. The van der Waals surface area contributed by atoms with E-state index in [1.165, 1.54) is 24.3 Å². The molecule has 0 bridgehead atoms. The second-order valence-corrected chi connectivity index (χ2v) is 8.66. The van der Waals surface area contributed by atoms with E-state index in [1.54, 1.807) is 17.0 Å². The minimum atomic E-state index is -0.415. The maximum Gasteiger partial charge on any atom is 0.228 e. The van der Waals surface area contributed by atoms with E-state index in [0.717, 1.165) is 16.3 Å². The average Bonchev–Trinajstić information content (AvgIpc) is 3.22. The van der Waals surface area contributed by atoms with Crippen molar-refractivity contribution < 1.29 is 14.0 Å². The fourth-order valence-corrected chi connectivity index (χ4v) is 4.73. The van der Waals surface area contributed by atoms with Crippen molar-refractivity contribution in [3.8, 4) is 10.6 Å². The van der Waals surface area contributed by atoms with Crippen LogP contribution in [0.1, 0.15) is 23.0 Å². The van der Waals surface area contributed by atoms with E-state index >= 15 is 0 Å². The van der Waals surface area contributed by atoms with Gasteiger partial charge >= 0.3 is 0 Å². The van der Waals surface area contributed by atoms with Crippen LogP contribution in [0.4, 0.5) is 10.1 Å².